The number of hydrogen-bond donors (Lipinski definition) is 1. The molecule has 0 unspecified atom stereocenters. The lowest BCUT2D eigenvalue weighted by molar-refractivity contribution is 0.404. The largest absolute Gasteiger partial charge is 0.496 e. The van der Waals surface area contributed by atoms with Crippen LogP contribution in [0.15, 0.2) is 0 Å². The molecule has 1 N–H and O–H groups in total. The van der Waals surface area contributed by atoms with Crippen LogP contribution in [0.2, 0.25) is 5.02 Å². The molecule has 0 atom stereocenters. The molecule has 0 bridgehead atoms. The molecule has 0 fully saturated rings. The van der Waals surface area contributed by atoms with Gasteiger partial charge in [-0.15, -0.1) is 0 Å². The van der Waals surface area contributed by atoms with Crippen LogP contribution in [0.25, 0.3) is 0 Å². The summed E-state index contributed by atoms with van der Waals surface area (Å²) < 4.78 is 5.56. The van der Waals surface area contributed by atoms with Crippen LogP contribution < -0.4 is 10.1 Å². The van der Waals surface area contributed by atoms with Gasteiger partial charge in [0.2, 0.25) is 0 Å². The second kappa shape index (κ2) is 6.44. The number of nitrogens with one attached hydrogen (secondary N) is 1. The molecule has 0 spiro atoms. The summed E-state index contributed by atoms with van der Waals surface area (Å²) in [6, 6.07) is 0.498. The summed E-state index contributed by atoms with van der Waals surface area (Å²) >= 11 is 6.38. The first-order chi connectivity index (χ1) is 8.40. The molecule has 0 aliphatic carbocycles. The van der Waals surface area contributed by atoms with E-state index in [0.717, 1.165) is 40.4 Å². The highest BCUT2D eigenvalue weighted by molar-refractivity contribution is 6.32. The lowest BCUT2D eigenvalue weighted by atomic mass is 9.96. The fourth-order valence-corrected chi connectivity index (χ4v) is 2.46. The molecule has 0 aliphatic heterocycles. The minimum atomic E-state index is 0.498. The van der Waals surface area contributed by atoms with Gasteiger partial charge in [-0.2, -0.15) is 0 Å². The Labute approximate surface area is 116 Å². The summed E-state index contributed by atoms with van der Waals surface area (Å²) in [6.45, 7) is 11.4. The van der Waals surface area contributed by atoms with Crippen LogP contribution in [-0.2, 0) is 6.42 Å². The van der Waals surface area contributed by atoms with Gasteiger partial charge < -0.3 is 10.1 Å². The Hall–Kier alpha value is -0.730. The molecule has 0 aromatic heterocycles. The summed E-state index contributed by atoms with van der Waals surface area (Å²) in [5, 5.41) is 4.30. The second-order valence-corrected chi connectivity index (χ2v) is 5.44. The van der Waals surface area contributed by atoms with Gasteiger partial charge in [-0.25, -0.2) is 0 Å². The second-order valence-electron chi connectivity index (χ2n) is 5.06. The van der Waals surface area contributed by atoms with Gasteiger partial charge >= 0.3 is 0 Å². The predicted molar refractivity (Wildman–Crippen MR) is 79.1 cm³/mol. The third kappa shape index (κ3) is 3.18. The van der Waals surface area contributed by atoms with E-state index in [1.807, 2.05) is 6.92 Å². The SMILES string of the molecule is COc1c(C)c(C)c(Cl)c(C)c1CCNC(C)C. The molecule has 0 saturated carbocycles. The third-order valence-electron chi connectivity index (χ3n) is 3.42. The minimum Gasteiger partial charge on any atom is -0.496 e. The number of ether oxygens (including phenoxy) is 1. The maximum atomic E-state index is 6.38. The zero-order valence-electron chi connectivity index (χ0n) is 12.3. The molecule has 0 radical (unpaired) electrons. The van der Waals surface area contributed by atoms with E-state index in [-0.39, 0.29) is 0 Å². The monoisotopic (exact) mass is 269 g/mol. The smallest absolute Gasteiger partial charge is 0.125 e. The van der Waals surface area contributed by atoms with Crippen molar-refractivity contribution in [2.24, 2.45) is 0 Å². The molecule has 0 saturated heterocycles. The first-order valence-electron chi connectivity index (χ1n) is 6.45. The highest BCUT2D eigenvalue weighted by Crippen LogP contribution is 2.35. The Balaban J connectivity index is 3.09. The van der Waals surface area contributed by atoms with Gasteiger partial charge in [-0.3, -0.25) is 0 Å². The van der Waals surface area contributed by atoms with Crippen LogP contribution in [0, 0.1) is 20.8 Å². The van der Waals surface area contributed by atoms with E-state index in [0.29, 0.717) is 6.04 Å². The van der Waals surface area contributed by atoms with E-state index in [1.165, 1.54) is 5.56 Å². The third-order valence-corrected chi connectivity index (χ3v) is 3.99. The average Bonchev–Trinajstić information content (AvgIpc) is 2.33. The molecule has 2 nitrogen and oxygen atoms in total. The van der Waals surface area contributed by atoms with Gasteiger partial charge in [0.15, 0.2) is 0 Å². The average molecular weight is 270 g/mol. The normalized spacial score (nSPS) is 11.1. The zero-order chi connectivity index (χ0) is 13.9. The number of benzene rings is 1. The minimum absolute atomic E-state index is 0.498. The zero-order valence-corrected chi connectivity index (χ0v) is 13.0. The fourth-order valence-electron chi connectivity index (χ4n) is 2.21. The fraction of sp³-hybridized carbons (Fsp3) is 0.600. The molecule has 3 heteroatoms. The first kappa shape index (κ1) is 15.3. The molecule has 18 heavy (non-hydrogen) atoms. The number of hydrogen-bond acceptors (Lipinski definition) is 2. The number of halogens is 1. The molecule has 1 aromatic carbocycles. The van der Waals surface area contributed by atoms with Crippen molar-refractivity contribution < 1.29 is 4.74 Å². The van der Waals surface area contributed by atoms with Crippen molar-refractivity contribution in [3.8, 4) is 5.75 Å². The first-order valence-corrected chi connectivity index (χ1v) is 6.83. The van der Waals surface area contributed by atoms with Crippen molar-refractivity contribution in [1.29, 1.82) is 0 Å². The maximum absolute atomic E-state index is 6.38. The Morgan fingerprint density at radius 2 is 1.72 bits per heavy atom. The van der Waals surface area contributed by atoms with Gasteiger partial charge in [-0.05, 0) is 50.4 Å². The molecule has 0 amide bonds. The maximum Gasteiger partial charge on any atom is 0.125 e. The summed E-state index contributed by atoms with van der Waals surface area (Å²) in [7, 11) is 1.73. The van der Waals surface area contributed by atoms with Gasteiger partial charge in [0.25, 0.3) is 0 Å². The van der Waals surface area contributed by atoms with Crippen molar-refractivity contribution >= 4 is 11.6 Å². The summed E-state index contributed by atoms with van der Waals surface area (Å²) in [4.78, 5) is 0. The van der Waals surface area contributed by atoms with Crippen molar-refractivity contribution in [2.75, 3.05) is 13.7 Å². The van der Waals surface area contributed by atoms with Crippen molar-refractivity contribution in [3.05, 3.63) is 27.3 Å². The molecule has 1 rings (SSSR count). The van der Waals surface area contributed by atoms with Crippen LogP contribution in [-0.4, -0.2) is 19.7 Å². The lowest BCUT2D eigenvalue weighted by Crippen LogP contribution is -2.25. The summed E-state index contributed by atoms with van der Waals surface area (Å²) in [5.41, 5.74) is 4.63. The van der Waals surface area contributed by atoms with E-state index in [1.54, 1.807) is 7.11 Å². The van der Waals surface area contributed by atoms with Crippen LogP contribution in [0.5, 0.6) is 5.75 Å². The topological polar surface area (TPSA) is 21.3 Å². The molecular weight excluding hydrogens is 246 g/mol. The standard InChI is InChI=1S/C15H24ClNO/c1-9(2)17-8-7-13-12(5)14(16)10(3)11(4)15(13)18-6/h9,17H,7-8H2,1-6H3. The van der Waals surface area contributed by atoms with E-state index in [2.05, 4.69) is 33.0 Å². The summed E-state index contributed by atoms with van der Waals surface area (Å²) in [5.74, 6) is 0.986. The molecule has 0 heterocycles. The van der Waals surface area contributed by atoms with Crippen LogP contribution in [0.1, 0.15) is 36.1 Å². The number of rotatable bonds is 5. The Kier molecular flexibility index (Phi) is 5.48. The highest BCUT2D eigenvalue weighted by atomic mass is 35.5. The quantitative estimate of drug-likeness (QED) is 0.878. The van der Waals surface area contributed by atoms with Crippen molar-refractivity contribution in [1.82, 2.24) is 5.32 Å². The molecule has 0 aliphatic rings. The molecular formula is C15H24ClNO. The van der Waals surface area contributed by atoms with Crippen LogP contribution >= 0.6 is 11.6 Å². The van der Waals surface area contributed by atoms with Crippen molar-refractivity contribution in [3.63, 3.8) is 0 Å². The van der Waals surface area contributed by atoms with Gasteiger partial charge in [0.05, 0.1) is 7.11 Å². The van der Waals surface area contributed by atoms with Gasteiger partial charge in [-0.1, -0.05) is 25.4 Å². The molecule has 102 valence electrons. The van der Waals surface area contributed by atoms with E-state index >= 15 is 0 Å². The Morgan fingerprint density at radius 1 is 1.11 bits per heavy atom. The van der Waals surface area contributed by atoms with Crippen molar-refractivity contribution in [2.45, 2.75) is 47.1 Å². The summed E-state index contributed by atoms with van der Waals surface area (Å²) in [6.07, 6.45) is 0.939. The number of methoxy groups -OCH3 is 1. The Bertz CT molecular complexity index is 427. The van der Waals surface area contributed by atoms with Crippen LogP contribution in [0.4, 0.5) is 0 Å². The van der Waals surface area contributed by atoms with E-state index in [9.17, 15) is 0 Å². The van der Waals surface area contributed by atoms with Gasteiger partial charge in [0.1, 0.15) is 5.75 Å². The van der Waals surface area contributed by atoms with Crippen LogP contribution in [0.3, 0.4) is 0 Å². The predicted octanol–water partition coefficient (Wildman–Crippen LogP) is 3.81. The van der Waals surface area contributed by atoms with E-state index < -0.39 is 0 Å². The Morgan fingerprint density at radius 3 is 2.22 bits per heavy atom. The molecule has 1 aromatic rings. The van der Waals surface area contributed by atoms with Gasteiger partial charge in [0, 0.05) is 16.6 Å². The highest BCUT2D eigenvalue weighted by Gasteiger charge is 2.16. The van der Waals surface area contributed by atoms with E-state index in [4.69, 9.17) is 16.3 Å². The lowest BCUT2D eigenvalue weighted by Gasteiger charge is -2.19.